The highest BCUT2D eigenvalue weighted by Crippen LogP contribution is 2.12. The van der Waals surface area contributed by atoms with E-state index < -0.39 is 0 Å². The van der Waals surface area contributed by atoms with Gasteiger partial charge in [0.15, 0.2) is 0 Å². The minimum absolute atomic E-state index is 0. The van der Waals surface area contributed by atoms with Gasteiger partial charge in [-0.2, -0.15) is 0 Å². The molecule has 0 radical (unpaired) electrons. The third-order valence-electron chi connectivity index (χ3n) is 2.86. The molecule has 0 aliphatic carbocycles. The summed E-state index contributed by atoms with van der Waals surface area (Å²) in [5.74, 6) is 0.963. The van der Waals surface area contributed by atoms with Crippen molar-refractivity contribution in [1.82, 2.24) is 10.6 Å². The topological polar surface area (TPSA) is 50.4 Å². The molecule has 0 aliphatic heterocycles. The average Bonchev–Trinajstić information content (AvgIpc) is 2.43. The second-order valence-corrected chi connectivity index (χ2v) is 4.87. The molecule has 1 rings (SSSR count). The fourth-order valence-electron chi connectivity index (χ4n) is 1.81. The lowest BCUT2D eigenvalue weighted by atomic mass is 10.2. The first-order valence-electron chi connectivity index (χ1n) is 7.39. The van der Waals surface area contributed by atoms with Crippen LogP contribution in [0.2, 0.25) is 0 Å². The number of aryl methyl sites for hydroxylation is 1. The predicted octanol–water partition coefficient (Wildman–Crippen LogP) is 2.69. The number of carbonyl (C=O) groups is 1. The normalized spacial score (nSPS) is 9.81. The molecule has 0 spiro atoms. The molecule has 21 heavy (non-hydrogen) atoms. The standard InChI is InChI=1S/C16H26N2O2.ClH/c1-3-9-17-10-11-18-16(19)8-5-12-20-15-7-4-6-14(2)13-15;/h4,6-7,13,17H,3,5,8-12H2,1-2H3,(H,18,19);1H. The van der Waals surface area contributed by atoms with Crippen molar-refractivity contribution in [3.63, 3.8) is 0 Å². The Kier molecular flexibility index (Phi) is 11.7. The van der Waals surface area contributed by atoms with Gasteiger partial charge in [-0.25, -0.2) is 0 Å². The lowest BCUT2D eigenvalue weighted by molar-refractivity contribution is -0.121. The van der Waals surface area contributed by atoms with Crippen molar-refractivity contribution < 1.29 is 9.53 Å². The average molecular weight is 315 g/mol. The monoisotopic (exact) mass is 314 g/mol. The van der Waals surface area contributed by atoms with Crippen LogP contribution in [0.5, 0.6) is 5.75 Å². The zero-order valence-corrected chi connectivity index (χ0v) is 13.8. The summed E-state index contributed by atoms with van der Waals surface area (Å²) in [4.78, 5) is 11.5. The molecule has 0 unspecified atom stereocenters. The van der Waals surface area contributed by atoms with Crippen LogP contribution in [0.25, 0.3) is 0 Å². The van der Waals surface area contributed by atoms with Gasteiger partial charge in [0, 0.05) is 19.5 Å². The second-order valence-electron chi connectivity index (χ2n) is 4.87. The van der Waals surface area contributed by atoms with Crippen molar-refractivity contribution in [2.45, 2.75) is 33.1 Å². The highest BCUT2D eigenvalue weighted by molar-refractivity contribution is 5.85. The third kappa shape index (κ3) is 10.2. The summed E-state index contributed by atoms with van der Waals surface area (Å²) in [6.07, 6.45) is 2.37. The van der Waals surface area contributed by atoms with Gasteiger partial charge in [0.05, 0.1) is 6.61 Å². The van der Waals surface area contributed by atoms with Crippen LogP contribution < -0.4 is 15.4 Å². The van der Waals surface area contributed by atoms with E-state index in [4.69, 9.17) is 4.74 Å². The van der Waals surface area contributed by atoms with Crippen molar-refractivity contribution in [2.24, 2.45) is 0 Å². The first kappa shape index (κ1) is 19.7. The van der Waals surface area contributed by atoms with Crippen LogP contribution in [0.15, 0.2) is 24.3 Å². The van der Waals surface area contributed by atoms with Gasteiger partial charge in [-0.05, 0) is 44.0 Å². The van der Waals surface area contributed by atoms with E-state index >= 15 is 0 Å². The van der Waals surface area contributed by atoms with Gasteiger partial charge in [-0.1, -0.05) is 19.1 Å². The molecule has 0 saturated carbocycles. The third-order valence-corrected chi connectivity index (χ3v) is 2.86. The summed E-state index contributed by atoms with van der Waals surface area (Å²) in [5.41, 5.74) is 1.18. The summed E-state index contributed by atoms with van der Waals surface area (Å²) in [5, 5.41) is 6.14. The molecule has 0 atom stereocenters. The lowest BCUT2D eigenvalue weighted by Gasteiger charge is -2.08. The van der Waals surface area contributed by atoms with Crippen LogP contribution in [-0.4, -0.2) is 32.1 Å². The molecule has 1 aromatic rings. The number of benzene rings is 1. The number of carbonyl (C=O) groups excluding carboxylic acids is 1. The molecule has 120 valence electrons. The molecule has 1 aromatic carbocycles. The number of hydrogen-bond acceptors (Lipinski definition) is 3. The molecule has 2 N–H and O–H groups in total. The predicted molar refractivity (Wildman–Crippen MR) is 89.3 cm³/mol. The number of amides is 1. The second kappa shape index (κ2) is 12.5. The maximum Gasteiger partial charge on any atom is 0.220 e. The molecule has 4 nitrogen and oxygen atoms in total. The SMILES string of the molecule is CCCNCCNC(=O)CCCOc1cccc(C)c1.Cl. The molecular formula is C16H27ClN2O2. The van der Waals surface area contributed by atoms with Crippen molar-refractivity contribution in [2.75, 3.05) is 26.2 Å². The van der Waals surface area contributed by atoms with Gasteiger partial charge < -0.3 is 15.4 Å². The summed E-state index contributed by atoms with van der Waals surface area (Å²) in [6, 6.07) is 7.94. The van der Waals surface area contributed by atoms with Crippen molar-refractivity contribution in [1.29, 1.82) is 0 Å². The Morgan fingerprint density at radius 3 is 2.76 bits per heavy atom. The van der Waals surface area contributed by atoms with Crippen LogP contribution in [0.4, 0.5) is 0 Å². The number of nitrogens with one attached hydrogen (secondary N) is 2. The Labute approximate surface area is 134 Å². The molecule has 0 aromatic heterocycles. The summed E-state index contributed by atoms with van der Waals surface area (Å²) in [6.45, 7) is 7.26. The first-order valence-corrected chi connectivity index (χ1v) is 7.39. The molecule has 0 fully saturated rings. The smallest absolute Gasteiger partial charge is 0.220 e. The van der Waals surface area contributed by atoms with E-state index in [2.05, 4.69) is 17.6 Å². The first-order chi connectivity index (χ1) is 9.72. The Hall–Kier alpha value is -1.26. The van der Waals surface area contributed by atoms with Gasteiger partial charge in [0.2, 0.25) is 5.91 Å². The minimum atomic E-state index is 0. The van der Waals surface area contributed by atoms with E-state index in [1.54, 1.807) is 0 Å². The number of halogens is 1. The lowest BCUT2D eigenvalue weighted by Crippen LogP contribution is -2.32. The largest absolute Gasteiger partial charge is 0.494 e. The fraction of sp³-hybridized carbons (Fsp3) is 0.562. The van der Waals surface area contributed by atoms with Crippen LogP contribution in [0.3, 0.4) is 0 Å². The summed E-state index contributed by atoms with van der Waals surface area (Å²) in [7, 11) is 0. The number of ether oxygens (including phenoxy) is 1. The Morgan fingerprint density at radius 2 is 2.05 bits per heavy atom. The highest BCUT2D eigenvalue weighted by atomic mass is 35.5. The van der Waals surface area contributed by atoms with E-state index in [1.807, 2.05) is 31.2 Å². The van der Waals surface area contributed by atoms with E-state index in [0.717, 1.165) is 31.7 Å². The number of hydrogen-bond donors (Lipinski definition) is 2. The quantitative estimate of drug-likeness (QED) is 0.653. The van der Waals surface area contributed by atoms with Gasteiger partial charge in [0.25, 0.3) is 0 Å². The molecule has 5 heteroatoms. The minimum Gasteiger partial charge on any atom is -0.494 e. The van der Waals surface area contributed by atoms with Crippen LogP contribution >= 0.6 is 12.4 Å². The molecule has 0 aliphatic rings. The van der Waals surface area contributed by atoms with Gasteiger partial charge >= 0.3 is 0 Å². The van der Waals surface area contributed by atoms with Gasteiger partial charge in [0.1, 0.15) is 5.75 Å². The zero-order chi connectivity index (χ0) is 14.6. The van der Waals surface area contributed by atoms with E-state index in [9.17, 15) is 4.79 Å². The van der Waals surface area contributed by atoms with E-state index in [0.29, 0.717) is 19.6 Å². The molecular weight excluding hydrogens is 288 g/mol. The maximum atomic E-state index is 11.5. The van der Waals surface area contributed by atoms with Crippen LogP contribution in [0, 0.1) is 6.92 Å². The zero-order valence-electron chi connectivity index (χ0n) is 13.0. The number of rotatable bonds is 10. The van der Waals surface area contributed by atoms with Crippen molar-refractivity contribution >= 4 is 18.3 Å². The fourth-order valence-corrected chi connectivity index (χ4v) is 1.81. The van der Waals surface area contributed by atoms with Crippen LogP contribution in [0.1, 0.15) is 31.7 Å². The van der Waals surface area contributed by atoms with Crippen molar-refractivity contribution in [3.05, 3.63) is 29.8 Å². The van der Waals surface area contributed by atoms with Gasteiger partial charge in [-0.3, -0.25) is 4.79 Å². The molecule has 1 amide bonds. The highest BCUT2D eigenvalue weighted by Gasteiger charge is 2.01. The maximum absolute atomic E-state index is 11.5. The van der Waals surface area contributed by atoms with E-state index in [-0.39, 0.29) is 18.3 Å². The summed E-state index contributed by atoms with van der Waals surface area (Å²) >= 11 is 0. The molecule has 0 heterocycles. The van der Waals surface area contributed by atoms with E-state index in [1.165, 1.54) is 5.56 Å². The molecule has 0 saturated heterocycles. The van der Waals surface area contributed by atoms with Gasteiger partial charge in [-0.15, -0.1) is 12.4 Å². The molecule has 0 bridgehead atoms. The summed E-state index contributed by atoms with van der Waals surface area (Å²) < 4.78 is 5.60. The Balaban J connectivity index is 0.00000400. The Bertz CT molecular complexity index is 400. The van der Waals surface area contributed by atoms with Crippen molar-refractivity contribution in [3.8, 4) is 5.75 Å². The Morgan fingerprint density at radius 1 is 1.24 bits per heavy atom. The van der Waals surface area contributed by atoms with Crippen LogP contribution in [-0.2, 0) is 4.79 Å².